The van der Waals surface area contributed by atoms with Gasteiger partial charge < -0.3 is 11.1 Å². The van der Waals surface area contributed by atoms with Gasteiger partial charge in [-0.15, -0.1) is 14.8 Å². The topological polar surface area (TPSA) is 94.0 Å². The molecule has 0 fully saturated rings. The smallest absolute Gasteiger partial charge is 0.200 e. The highest BCUT2D eigenvalue weighted by Gasteiger charge is 1.98. The van der Waals surface area contributed by atoms with E-state index in [1.165, 1.54) is 4.63 Å². The van der Waals surface area contributed by atoms with Crippen molar-refractivity contribution in [3.05, 3.63) is 24.3 Å². The maximum Gasteiger partial charge on any atom is 0.200 e. The van der Waals surface area contributed by atoms with Gasteiger partial charge in [0.05, 0.1) is 0 Å². The molecule has 2 aromatic rings. The average Bonchev–Trinajstić information content (AvgIpc) is 2.71. The Bertz CT molecular complexity index is 461. The molecule has 0 bridgehead atoms. The Labute approximate surface area is 86.0 Å². The van der Waals surface area contributed by atoms with Crippen molar-refractivity contribution in [2.24, 2.45) is 5.73 Å². The lowest BCUT2D eigenvalue weighted by molar-refractivity contribution is 0.735. The van der Waals surface area contributed by atoms with Crippen molar-refractivity contribution < 1.29 is 0 Å². The van der Waals surface area contributed by atoms with Crippen molar-refractivity contribution in [1.82, 2.24) is 25.3 Å². The molecule has 7 nitrogen and oxygen atoms in total. The normalized spacial score (nSPS) is 11.3. The predicted molar refractivity (Wildman–Crippen MR) is 55.3 cm³/mol. The van der Waals surface area contributed by atoms with Gasteiger partial charge in [-0.25, -0.2) is 0 Å². The summed E-state index contributed by atoms with van der Waals surface area (Å²) in [7, 11) is 0. The van der Waals surface area contributed by atoms with E-state index in [0.717, 1.165) is 5.82 Å². The van der Waals surface area contributed by atoms with Gasteiger partial charge in [-0.05, 0) is 22.6 Å². The van der Waals surface area contributed by atoms with Crippen molar-refractivity contribution in [3.8, 4) is 0 Å². The highest BCUT2D eigenvalue weighted by molar-refractivity contribution is 5.42. The molecule has 0 unspecified atom stereocenters. The SMILES string of the molecule is NC/C=C/CNc1ccc2nnnn2n1. The predicted octanol–water partition coefficient (Wildman–Crippen LogP) is -0.554. The third-order valence-corrected chi connectivity index (χ3v) is 1.77. The average molecular weight is 205 g/mol. The molecule has 0 aromatic carbocycles. The zero-order valence-corrected chi connectivity index (χ0v) is 8.04. The molecule has 0 aliphatic heterocycles. The van der Waals surface area contributed by atoms with Gasteiger partial charge in [0.2, 0.25) is 0 Å². The number of fused-ring (bicyclic) bond motifs is 1. The summed E-state index contributed by atoms with van der Waals surface area (Å²) in [4.78, 5) is 0. The van der Waals surface area contributed by atoms with Crippen LogP contribution in [0.3, 0.4) is 0 Å². The molecule has 0 amide bonds. The highest BCUT2D eigenvalue weighted by Crippen LogP contribution is 2.02. The van der Waals surface area contributed by atoms with E-state index in [4.69, 9.17) is 5.73 Å². The Balaban J connectivity index is 2.04. The molecular weight excluding hydrogens is 194 g/mol. The third kappa shape index (κ3) is 2.26. The Morgan fingerprint density at radius 1 is 1.40 bits per heavy atom. The lowest BCUT2D eigenvalue weighted by Crippen LogP contribution is -2.05. The fourth-order valence-electron chi connectivity index (χ4n) is 1.09. The second-order valence-electron chi connectivity index (χ2n) is 2.83. The van der Waals surface area contributed by atoms with Crippen LogP contribution in [-0.2, 0) is 0 Å². The Hall–Kier alpha value is -2.02. The van der Waals surface area contributed by atoms with Gasteiger partial charge in [-0.2, -0.15) is 0 Å². The first-order valence-corrected chi connectivity index (χ1v) is 4.54. The van der Waals surface area contributed by atoms with Crippen molar-refractivity contribution in [2.75, 3.05) is 18.4 Å². The number of aromatic nitrogens is 5. The molecular formula is C8H11N7. The van der Waals surface area contributed by atoms with Gasteiger partial charge in [-0.3, -0.25) is 0 Å². The number of anilines is 1. The lowest BCUT2D eigenvalue weighted by atomic mass is 10.4. The summed E-state index contributed by atoms with van der Waals surface area (Å²) in [5.41, 5.74) is 5.93. The highest BCUT2D eigenvalue weighted by atomic mass is 15.6. The fourth-order valence-corrected chi connectivity index (χ4v) is 1.09. The number of nitrogens with zero attached hydrogens (tertiary/aromatic N) is 5. The van der Waals surface area contributed by atoms with Crippen molar-refractivity contribution >= 4 is 11.5 Å². The molecule has 0 aliphatic carbocycles. The number of hydrogen-bond acceptors (Lipinski definition) is 6. The number of rotatable bonds is 4. The van der Waals surface area contributed by atoms with Gasteiger partial charge in [0.1, 0.15) is 5.82 Å². The quantitative estimate of drug-likeness (QED) is 0.650. The summed E-state index contributed by atoms with van der Waals surface area (Å²) < 4.78 is 1.37. The van der Waals surface area contributed by atoms with Crippen molar-refractivity contribution in [1.29, 1.82) is 0 Å². The van der Waals surface area contributed by atoms with Crippen LogP contribution in [0.15, 0.2) is 24.3 Å². The zero-order chi connectivity index (χ0) is 10.5. The molecule has 78 valence electrons. The molecule has 0 atom stereocenters. The Morgan fingerprint density at radius 3 is 3.20 bits per heavy atom. The maximum absolute atomic E-state index is 5.31. The summed E-state index contributed by atoms with van der Waals surface area (Å²) in [6, 6.07) is 3.62. The molecule has 0 saturated carbocycles. The van der Waals surface area contributed by atoms with E-state index in [2.05, 4.69) is 25.9 Å². The van der Waals surface area contributed by atoms with E-state index >= 15 is 0 Å². The van der Waals surface area contributed by atoms with Crippen LogP contribution >= 0.6 is 0 Å². The number of nitrogens with two attached hydrogens (primary N) is 1. The Kier molecular flexibility index (Phi) is 2.84. The molecule has 3 N–H and O–H groups in total. The zero-order valence-electron chi connectivity index (χ0n) is 8.04. The summed E-state index contributed by atoms with van der Waals surface area (Å²) in [5.74, 6) is 0.719. The van der Waals surface area contributed by atoms with Crippen LogP contribution in [0.4, 0.5) is 5.82 Å². The van der Waals surface area contributed by atoms with Gasteiger partial charge in [-0.1, -0.05) is 12.2 Å². The molecule has 0 radical (unpaired) electrons. The monoisotopic (exact) mass is 205 g/mol. The van der Waals surface area contributed by atoms with Crippen molar-refractivity contribution in [3.63, 3.8) is 0 Å². The summed E-state index contributed by atoms with van der Waals surface area (Å²) in [6.07, 6.45) is 3.81. The second-order valence-corrected chi connectivity index (χ2v) is 2.83. The molecule has 0 spiro atoms. The first-order valence-electron chi connectivity index (χ1n) is 4.54. The van der Waals surface area contributed by atoms with E-state index in [-0.39, 0.29) is 0 Å². The minimum Gasteiger partial charge on any atom is -0.365 e. The molecule has 7 heteroatoms. The van der Waals surface area contributed by atoms with Gasteiger partial charge in [0.25, 0.3) is 0 Å². The van der Waals surface area contributed by atoms with E-state index in [1.807, 2.05) is 18.2 Å². The number of nitrogens with one attached hydrogen (secondary N) is 1. The fraction of sp³-hybridized carbons (Fsp3) is 0.250. The third-order valence-electron chi connectivity index (χ3n) is 1.77. The largest absolute Gasteiger partial charge is 0.365 e. The van der Waals surface area contributed by atoms with Crippen LogP contribution in [-0.4, -0.2) is 38.3 Å². The first-order chi connectivity index (χ1) is 7.40. The van der Waals surface area contributed by atoms with Crippen LogP contribution in [0.25, 0.3) is 5.65 Å². The second kappa shape index (κ2) is 4.47. The van der Waals surface area contributed by atoms with Crippen molar-refractivity contribution in [2.45, 2.75) is 0 Å². The number of tetrazole rings is 1. The minimum absolute atomic E-state index is 0.543. The van der Waals surface area contributed by atoms with Gasteiger partial charge >= 0.3 is 0 Å². The van der Waals surface area contributed by atoms with Gasteiger partial charge in [0.15, 0.2) is 5.65 Å². The standard InChI is InChI=1S/C8H11N7/c9-5-1-2-6-10-7-3-4-8-11-13-14-15(8)12-7/h1-4H,5-6,9H2,(H,10,12)/b2-1+. The molecule has 0 saturated heterocycles. The van der Waals surface area contributed by atoms with Crippen LogP contribution in [0.5, 0.6) is 0 Å². The van der Waals surface area contributed by atoms with Crippen LogP contribution < -0.4 is 11.1 Å². The molecule has 0 aliphatic rings. The van der Waals surface area contributed by atoms with E-state index in [1.54, 1.807) is 6.07 Å². The maximum atomic E-state index is 5.31. The molecule has 2 rings (SSSR count). The van der Waals surface area contributed by atoms with E-state index < -0.39 is 0 Å². The minimum atomic E-state index is 0.543. The van der Waals surface area contributed by atoms with Gasteiger partial charge in [0, 0.05) is 13.1 Å². The van der Waals surface area contributed by atoms with E-state index in [9.17, 15) is 0 Å². The van der Waals surface area contributed by atoms with E-state index in [0.29, 0.717) is 18.7 Å². The summed E-state index contributed by atoms with van der Waals surface area (Å²) in [5, 5.41) is 18.2. The first kappa shape index (κ1) is 9.53. The molecule has 2 aromatic heterocycles. The molecule has 15 heavy (non-hydrogen) atoms. The Morgan fingerprint density at radius 2 is 2.33 bits per heavy atom. The van der Waals surface area contributed by atoms with Crippen LogP contribution in [0, 0.1) is 0 Å². The number of hydrogen-bond donors (Lipinski definition) is 2. The summed E-state index contributed by atoms with van der Waals surface area (Å²) in [6.45, 7) is 1.22. The van der Waals surface area contributed by atoms with Crippen LogP contribution in [0.2, 0.25) is 0 Å². The van der Waals surface area contributed by atoms with Crippen LogP contribution in [0.1, 0.15) is 0 Å². The lowest BCUT2D eigenvalue weighted by Gasteiger charge is -2.00. The molecule has 2 heterocycles. The summed E-state index contributed by atoms with van der Waals surface area (Å²) >= 11 is 0.